The quantitative estimate of drug-likeness (QED) is 0.554. The largest absolute Gasteiger partial charge is 0.296 e. The van der Waals surface area contributed by atoms with Crippen LogP contribution in [-0.2, 0) is 16.5 Å². The molecule has 1 aliphatic carbocycles. The number of benzene rings is 2. The molecule has 2 aromatic rings. The number of rotatable bonds is 1. The van der Waals surface area contributed by atoms with Gasteiger partial charge in [-0.2, -0.15) is 8.42 Å². The van der Waals surface area contributed by atoms with Gasteiger partial charge in [-0.1, -0.05) is 41.9 Å². The summed E-state index contributed by atoms with van der Waals surface area (Å²) in [7, 11) is -4.31. The second-order valence-electron chi connectivity index (χ2n) is 4.21. The normalized spacial score (nSPS) is 12.5. The predicted molar refractivity (Wildman–Crippen MR) is 75.3 cm³/mol. The van der Waals surface area contributed by atoms with Crippen LogP contribution < -0.4 is 0 Å². The Bertz CT molecular complexity index is 756. The number of halogens is 1. The molecule has 6 heteroatoms. The fourth-order valence-electron chi connectivity index (χ4n) is 2.43. The molecule has 0 aromatic heterocycles. The van der Waals surface area contributed by atoms with E-state index in [-0.39, 0.29) is 61.3 Å². The molecule has 1 aliphatic rings. The molecule has 0 saturated heterocycles. The van der Waals surface area contributed by atoms with Gasteiger partial charge in [-0.15, -0.1) is 0 Å². The van der Waals surface area contributed by atoms with Gasteiger partial charge >= 0.3 is 0 Å². The van der Waals surface area contributed by atoms with Crippen LogP contribution in [0.25, 0.3) is 11.1 Å². The Kier molecular flexibility index (Phi) is 4.60. The minimum atomic E-state index is -4.31. The maximum absolute atomic E-state index is 11.4. The molecule has 3 rings (SSSR count). The third-order valence-corrected chi connectivity index (χ3v) is 4.55. The molecule has 93 valence electrons. The van der Waals surface area contributed by atoms with Gasteiger partial charge in [0.1, 0.15) is 4.90 Å². The third-order valence-electron chi connectivity index (χ3n) is 3.15. The Morgan fingerprint density at radius 1 is 1.05 bits per heavy atom. The Balaban J connectivity index is 0.00000133. The average molecular weight is 320 g/mol. The van der Waals surface area contributed by atoms with Crippen molar-refractivity contribution >= 4 is 73.1 Å². The molecule has 0 heterocycles. The molecule has 0 fully saturated rings. The average Bonchev–Trinajstić information content (AvgIpc) is 2.64. The Hall–Kier alpha value is 0.276. The second kappa shape index (κ2) is 5.58. The first-order chi connectivity index (χ1) is 8.48. The van der Waals surface area contributed by atoms with Crippen molar-refractivity contribution in [2.75, 3.05) is 0 Å². The van der Waals surface area contributed by atoms with Crippen LogP contribution in [0.15, 0.2) is 41.3 Å². The van der Waals surface area contributed by atoms with E-state index >= 15 is 0 Å². The summed E-state index contributed by atoms with van der Waals surface area (Å²) >= 11 is 5.90. The monoisotopic (exact) mass is 319 g/mol. The fourth-order valence-corrected chi connectivity index (χ4v) is 3.71. The number of hydrogen-bond acceptors (Lipinski definition) is 2. The van der Waals surface area contributed by atoms with Crippen molar-refractivity contribution in [1.82, 2.24) is 0 Å². The van der Waals surface area contributed by atoms with Crippen molar-refractivity contribution in [2.45, 2.75) is 11.3 Å². The summed E-state index contributed by atoms with van der Waals surface area (Å²) in [5.74, 6) is 0. The van der Waals surface area contributed by atoms with Crippen molar-refractivity contribution in [3.8, 4) is 11.1 Å². The van der Waals surface area contributed by atoms with E-state index in [1.54, 1.807) is 6.07 Å². The van der Waals surface area contributed by atoms with Crippen LogP contribution in [0.5, 0.6) is 0 Å². The van der Waals surface area contributed by atoms with Gasteiger partial charge < -0.3 is 0 Å². The Morgan fingerprint density at radius 2 is 1.74 bits per heavy atom. The Labute approximate surface area is 159 Å². The standard InChI is InChI=1S/C13H9ClO3S.K/c14-12-6-5-10-9-4-2-1-3-8(9)7-11(10)13(12)18(15,16)17;/h1-6H,7H2,(H,15,16,17);. The van der Waals surface area contributed by atoms with Gasteiger partial charge in [-0.05, 0) is 28.3 Å². The summed E-state index contributed by atoms with van der Waals surface area (Å²) < 4.78 is 32.2. The summed E-state index contributed by atoms with van der Waals surface area (Å²) in [5.41, 5.74) is 3.43. The SMILES string of the molecule is O=S(=O)(O)c1c(Cl)ccc2c1Cc1ccccc1-2.[K]. The molecular weight excluding hydrogens is 311 g/mol. The van der Waals surface area contributed by atoms with Crippen molar-refractivity contribution in [2.24, 2.45) is 0 Å². The van der Waals surface area contributed by atoms with Gasteiger partial charge in [0.15, 0.2) is 0 Å². The third kappa shape index (κ3) is 2.71. The molecule has 1 radical (unpaired) electrons. The summed E-state index contributed by atoms with van der Waals surface area (Å²) in [6.07, 6.45) is 0.473. The van der Waals surface area contributed by atoms with Crippen LogP contribution in [0.1, 0.15) is 11.1 Å². The number of fused-ring (bicyclic) bond motifs is 3. The zero-order valence-corrected chi connectivity index (χ0v) is 14.9. The van der Waals surface area contributed by atoms with Crippen molar-refractivity contribution in [3.63, 3.8) is 0 Å². The van der Waals surface area contributed by atoms with Crippen molar-refractivity contribution in [3.05, 3.63) is 52.5 Å². The van der Waals surface area contributed by atoms with Gasteiger partial charge in [0.2, 0.25) is 0 Å². The first-order valence-electron chi connectivity index (χ1n) is 5.35. The molecule has 19 heavy (non-hydrogen) atoms. The van der Waals surface area contributed by atoms with Crippen LogP contribution in [0.4, 0.5) is 0 Å². The van der Waals surface area contributed by atoms with Gasteiger partial charge in [0, 0.05) is 57.8 Å². The molecule has 0 spiro atoms. The zero-order chi connectivity index (χ0) is 12.9. The van der Waals surface area contributed by atoms with E-state index in [1.165, 1.54) is 6.07 Å². The second-order valence-corrected chi connectivity index (χ2v) is 5.98. The summed E-state index contributed by atoms with van der Waals surface area (Å²) in [6, 6.07) is 11.0. The molecule has 0 aliphatic heterocycles. The predicted octanol–water partition coefficient (Wildman–Crippen LogP) is 2.78. The minimum Gasteiger partial charge on any atom is -0.282 e. The maximum atomic E-state index is 11.4. The molecule has 1 N–H and O–H groups in total. The fraction of sp³-hybridized carbons (Fsp3) is 0.0769. The molecule has 0 atom stereocenters. The van der Waals surface area contributed by atoms with Gasteiger partial charge in [-0.3, -0.25) is 4.55 Å². The van der Waals surface area contributed by atoms with Gasteiger partial charge in [0.25, 0.3) is 10.1 Å². The van der Waals surface area contributed by atoms with Gasteiger partial charge in [-0.25, -0.2) is 0 Å². The summed E-state index contributed by atoms with van der Waals surface area (Å²) in [5, 5.41) is 0.0593. The van der Waals surface area contributed by atoms with Crippen LogP contribution in [0.3, 0.4) is 0 Å². The first-order valence-corrected chi connectivity index (χ1v) is 7.17. The van der Waals surface area contributed by atoms with Crippen LogP contribution in [-0.4, -0.2) is 64.4 Å². The van der Waals surface area contributed by atoms with Crippen LogP contribution in [0.2, 0.25) is 5.02 Å². The van der Waals surface area contributed by atoms with E-state index in [2.05, 4.69) is 0 Å². The van der Waals surface area contributed by atoms with E-state index in [0.717, 1.165) is 16.7 Å². The van der Waals surface area contributed by atoms with E-state index in [0.29, 0.717) is 12.0 Å². The minimum absolute atomic E-state index is 0. The van der Waals surface area contributed by atoms with E-state index < -0.39 is 10.1 Å². The molecular formula is C13H9ClKO3S. The molecule has 0 unspecified atom stereocenters. The van der Waals surface area contributed by atoms with E-state index in [1.807, 2.05) is 24.3 Å². The molecule has 2 aromatic carbocycles. The maximum Gasteiger partial charge on any atom is 0.296 e. The van der Waals surface area contributed by atoms with Crippen LogP contribution >= 0.6 is 11.6 Å². The van der Waals surface area contributed by atoms with Crippen LogP contribution in [0, 0.1) is 0 Å². The van der Waals surface area contributed by atoms with E-state index in [9.17, 15) is 13.0 Å². The first kappa shape index (κ1) is 15.7. The van der Waals surface area contributed by atoms with Gasteiger partial charge in [0.05, 0.1) is 5.02 Å². The smallest absolute Gasteiger partial charge is 0.282 e. The Morgan fingerprint density at radius 3 is 2.42 bits per heavy atom. The topological polar surface area (TPSA) is 54.4 Å². The zero-order valence-electron chi connectivity index (χ0n) is 10.2. The van der Waals surface area contributed by atoms with E-state index in [4.69, 9.17) is 11.6 Å². The summed E-state index contributed by atoms with van der Waals surface area (Å²) in [4.78, 5) is -0.169. The van der Waals surface area contributed by atoms with Crippen molar-refractivity contribution in [1.29, 1.82) is 0 Å². The molecule has 0 bridgehead atoms. The molecule has 0 saturated carbocycles. The molecule has 0 amide bonds. The number of hydrogen-bond donors (Lipinski definition) is 1. The summed E-state index contributed by atoms with van der Waals surface area (Å²) in [6.45, 7) is 0. The molecule has 3 nitrogen and oxygen atoms in total. The van der Waals surface area contributed by atoms with Crippen molar-refractivity contribution < 1.29 is 13.0 Å².